The molecule has 1 heterocycles. The standard InChI is InChI=1S/C23H23N5O2S/c29-20(26-19-8-4-2-6-17(19)22(30)25-15-11-12-15)13-31-23-27-18-7-3-1-5-16(18)21(28-23)24-14-9-10-14/h1-8,14-15H,9-13H2,(H,25,30)(H,26,29)(H,24,27,28). The predicted molar refractivity (Wildman–Crippen MR) is 122 cm³/mol. The number of fused-ring (bicyclic) bond motifs is 1. The summed E-state index contributed by atoms with van der Waals surface area (Å²) in [5.41, 5.74) is 1.85. The van der Waals surface area contributed by atoms with E-state index in [9.17, 15) is 9.59 Å². The van der Waals surface area contributed by atoms with Gasteiger partial charge in [0.25, 0.3) is 5.91 Å². The van der Waals surface area contributed by atoms with Gasteiger partial charge in [-0.25, -0.2) is 9.97 Å². The van der Waals surface area contributed by atoms with Gasteiger partial charge in [-0.2, -0.15) is 0 Å². The first-order valence-electron chi connectivity index (χ1n) is 10.5. The molecule has 3 aromatic rings. The quantitative estimate of drug-likeness (QED) is 0.369. The Morgan fingerprint density at radius 1 is 0.935 bits per heavy atom. The Kier molecular flexibility index (Phi) is 5.46. The summed E-state index contributed by atoms with van der Waals surface area (Å²) in [7, 11) is 0. The third kappa shape index (κ3) is 4.96. The average molecular weight is 434 g/mol. The number of amides is 2. The van der Waals surface area contributed by atoms with Gasteiger partial charge in [0.1, 0.15) is 5.82 Å². The fourth-order valence-corrected chi connectivity index (χ4v) is 3.90. The van der Waals surface area contributed by atoms with Crippen molar-refractivity contribution < 1.29 is 9.59 Å². The summed E-state index contributed by atoms with van der Waals surface area (Å²) in [6, 6.07) is 15.7. The lowest BCUT2D eigenvalue weighted by molar-refractivity contribution is -0.113. The maximum Gasteiger partial charge on any atom is 0.253 e. The lowest BCUT2D eigenvalue weighted by Crippen LogP contribution is -2.27. The Balaban J connectivity index is 1.27. The first-order chi connectivity index (χ1) is 15.2. The molecule has 2 aromatic carbocycles. The van der Waals surface area contributed by atoms with E-state index in [-0.39, 0.29) is 23.6 Å². The van der Waals surface area contributed by atoms with Gasteiger partial charge in [-0.1, -0.05) is 36.0 Å². The summed E-state index contributed by atoms with van der Waals surface area (Å²) in [5.74, 6) is 0.614. The van der Waals surface area contributed by atoms with Crippen LogP contribution in [0.1, 0.15) is 36.0 Å². The van der Waals surface area contributed by atoms with Gasteiger partial charge in [-0.15, -0.1) is 0 Å². The lowest BCUT2D eigenvalue weighted by Gasteiger charge is -2.12. The zero-order valence-electron chi connectivity index (χ0n) is 16.9. The lowest BCUT2D eigenvalue weighted by atomic mass is 10.1. The third-order valence-corrected chi connectivity index (χ3v) is 6.04. The molecule has 8 heteroatoms. The van der Waals surface area contributed by atoms with Gasteiger partial charge in [0.05, 0.1) is 22.5 Å². The molecule has 2 fully saturated rings. The molecule has 0 saturated heterocycles. The molecule has 2 amide bonds. The van der Waals surface area contributed by atoms with Crippen molar-refractivity contribution in [2.45, 2.75) is 42.9 Å². The normalized spacial score (nSPS) is 15.5. The monoisotopic (exact) mass is 433 g/mol. The van der Waals surface area contributed by atoms with Gasteiger partial charge in [0.15, 0.2) is 5.16 Å². The van der Waals surface area contributed by atoms with Crippen LogP contribution in [0.5, 0.6) is 0 Å². The van der Waals surface area contributed by atoms with Crippen molar-refractivity contribution in [1.82, 2.24) is 15.3 Å². The van der Waals surface area contributed by atoms with Gasteiger partial charge in [-0.05, 0) is 49.9 Å². The molecule has 2 aliphatic rings. The van der Waals surface area contributed by atoms with E-state index in [1.807, 2.05) is 24.3 Å². The smallest absolute Gasteiger partial charge is 0.253 e. The van der Waals surface area contributed by atoms with Crippen LogP contribution in [0.4, 0.5) is 11.5 Å². The Morgan fingerprint density at radius 2 is 1.68 bits per heavy atom. The van der Waals surface area contributed by atoms with Crippen molar-refractivity contribution in [1.29, 1.82) is 0 Å². The van der Waals surface area contributed by atoms with Crippen molar-refractivity contribution >= 4 is 46.0 Å². The van der Waals surface area contributed by atoms with E-state index in [0.717, 1.165) is 42.4 Å². The largest absolute Gasteiger partial charge is 0.367 e. The highest BCUT2D eigenvalue weighted by Gasteiger charge is 2.25. The number of para-hydroxylation sites is 2. The maximum atomic E-state index is 12.6. The van der Waals surface area contributed by atoms with Gasteiger partial charge in [0, 0.05) is 17.5 Å². The molecule has 1 aromatic heterocycles. The molecule has 0 radical (unpaired) electrons. The number of carbonyl (C=O) groups is 2. The van der Waals surface area contributed by atoms with Crippen LogP contribution in [0.2, 0.25) is 0 Å². The zero-order valence-corrected chi connectivity index (χ0v) is 17.7. The van der Waals surface area contributed by atoms with Crippen molar-refractivity contribution in [3.05, 3.63) is 54.1 Å². The molecule has 0 aliphatic heterocycles. The molecular weight excluding hydrogens is 410 g/mol. The van der Waals surface area contributed by atoms with Crippen LogP contribution in [0, 0.1) is 0 Å². The molecule has 0 atom stereocenters. The number of rotatable bonds is 8. The third-order valence-electron chi connectivity index (χ3n) is 5.19. The minimum atomic E-state index is -0.204. The fourth-order valence-electron chi connectivity index (χ4n) is 3.25. The summed E-state index contributed by atoms with van der Waals surface area (Å²) < 4.78 is 0. The first kappa shape index (κ1) is 19.8. The minimum Gasteiger partial charge on any atom is -0.367 e. The first-order valence-corrected chi connectivity index (χ1v) is 11.5. The number of nitrogens with one attached hydrogen (secondary N) is 3. The number of hydrogen-bond acceptors (Lipinski definition) is 6. The van der Waals surface area contributed by atoms with E-state index in [1.54, 1.807) is 24.3 Å². The van der Waals surface area contributed by atoms with E-state index < -0.39 is 0 Å². The van der Waals surface area contributed by atoms with E-state index in [4.69, 9.17) is 0 Å². The average Bonchev–Trinajstić information content (AvgIpc) is 3.70. The van der Waals surface area contributed by atoms with Crippen LogP contribution in [0.3, 0.4) is 0 Å². The minimum absolute atomic E-state index is 0.153. The number of anilines is 2. The van der Waals surface area contributed by atoms with Gasteiger partial charge < -0.3 is 16.0 Å². The van der Waals surface area contributed by atoms with Crippen molar-refractivity contribution in [2.75, 3.05) is 16.4 Å². The van der Waals surface area contributed by atoms with E-state index in [1.165, 1.54) is 11.8 Å². The summed E-state index contributed by atoms with van der Waals surface area (Å²) in [6.07, 6.45) is 4.33. The summed E-state index contributed by atoms with van der Waals surface area (Å²) >= 11 is 1.28. The highest BCUT2D eigenvalue weighted by Crippen LogP contribution is 2.30. The van der Waals surface area contributed by atoms with Crippen LogP contribution in [0.25, 0.3) is 10.9 Å². The topological polar surface area (TPSA) is 96.0 Å². The van der Waals surface area contributed by atoms with Gasteiger partial charge in [0.2, 0.25) is 5.91 Å². The molecule has 0 unspecified atom stereocenters. The van der Waals surface area contributed by atoms with Gasteiger partial charge in [-0.3, -0.25) is 9.59 Å². The second-order valence-corrected chi connectivity index (χ2v) is 8.86. The van der Waals surface area contributed by atoms with E-state index in [2.05, 4.69) is 25.9 Å². The van der Waals surface area contributed by atoms with E-state index >= 15 is 0 Å². The fraction of sp³-hybridized carbons (Fsp3) is 0.304. The maximum absolute atomic E-state index is 12.6. The van der Waals surface area contributed by atoms with Crippen LogP contribution in [-0.4, -0.2) is 39.6 Å². The molecular formula is C23H23N5O2S. The van der Waals surface area contributed by atoms with Crippen LogP contribution >= 0.6 is 11.8 Å². The number of carbonyl (C=O) groups excluding carboxylic acids is 2. The predicted octanol–water partition coefficient (Wildman–Crippen LogP) is 3.83. The van der Waals surface area contributed by atoms with Crippen LogP contribution in [-0.2, 0) is 4.79 Å². The number of thioether (sulfide) groups is 1. The van der Waals surface area contributed by atoms with Crippen molar-refractivity contribution in [3.63, 3.8) is 0 Å². The molecule has 3 N–H and O–H groups in total. The Labute approximate surface area is 184 Å². The second kappa shape index (κ2) is 8.55. The molecule has 31 heavy (non-hydrogen) atoms. The highest BCUT2D eigenvalue weighted by atomic mass is 32.2. The molecule has 5 rings (SSSR count). The van der Waals surface area contributed by atoms with Crippen LogP contribution in [0.15, 0.2) is 53.7 Å². The number of nitrogens with zero attached hydrogens (tertiary/aromatic N) is 2. The molecule has 2 saturated carbocycles. The summed E-state index contributed by atoms with van der Waals surface area (Å²) in [6.45, 7) is 0. The molecule has 7 nitrogen and oxygen atoms in total. The number of hydrogen-bond donors (Lipinski definition) is 3. The van der Waals surface area contributed by atoms with Gasteiger partial charge >= 0.3 is 0 Å². The molecule has 0 spiro atoms. The van der Waals surface area contributed by atoms with Crippen LogP contribution < -0.4 is 16.0 Å². The molecule has 158 valence electrons. The summed E-state index contributed by atoms with van der Waals surface area (Å²) in [5, 5.41) is 10.8. The molecule has 2 aliphatic carbocycles. The molecule has 0 bridgehead atoms. The summed E-state index contributed by atoms with van der Waals surface area (Å²) in [4.78, 5) is 34.3. The van der Waals surface area contributed by atoms with Crippen molar-refractivity contribution in [3.8, 4) is 0 Å². The van der Waals surface area contributed by atoms with Crippen molar-refractivity contribution in [2.24, 2.45) is 0 Å². The van der Waals surface area contributed by atoms with E-state index in [0.29, 0.717) is 22.4 Å². The number of aromatic nitrogens is 2. The Morgan fingerprint density at radius 3 is 2.48 bits per heavy atom. The number of benzene rings is 2. The zero-order chi connectivity index (χ0) is 21.2. The SMILES string of the molecule is O=C(CSc1nc(NC2CC2)c2ccccc2n1)Nc1ccccc1C(=O)NC1CC1. The highest BCUT2D eigenvalue weighted by molar-refractivity contribution is 7.99. The second-order valence-electron chi connectivity index (χ2n) is 7.92. The Bertz CT molecular complexity index is 1140. The Hall–Kier alpha value is -3.13.